The molecule has 0 atom stereocenters. The molecule has 2 aromatic carbocycles. The Hall–Kier alpha value is -2.21. The maximum Gasteiger partial charge on any atom is 0.147 e. The Bertz CT molecular complexity index is 722. The van der Waals surface area contributed by atoms with Crippen LogP contribution in [0.2, 0.25) is 0 Å². The summed E-state index contributed by atoms with van der Waals surface area (Å²) in [6.07, 6.45) is 1.66. The molecule has 6 heteroatoms. The fourth-order valence-corrected chi connectivity index (χ4v) is 2.39. The zero-order chi connectivity index (χ0) is 14.7. The number of nitrogens with zero attached hydrogens (tertiary/aromatic N) is 3. The molecule has 0 aliphatic heterocycles. The predicted octanol–water partition coefficient (Wildman–Crippen LogP) is 3.78. The first-order valence-electron chi connectivity index (χ1n) is 6.38. The van der Waals surface area contributed by atoms with Crippen molar-refractivity contribution in [1.29, 1.82) is 0 Å². The summed E-state index contributed by atoms with van der Waals surface area (Å²) in [6, 6.07) is 14.5. The minimum atomic E-state index is -0.306. The largest absolute Gasteiger partial charge is 0.376 e. The van der Waals surface area contributed by atoms with Gasteiger partial charge < -0.3 is 5.32 Å². The molecule has 0 aliphatic rings. The quantitative estimate of drug-likeness (QED) is 0.781. The van der Waals surface area contributed by atoms with Gasteiger partial charge in [-0.05, 0) is 40.2 Å². The molecule has 0 aliphatic carbocycles. The maximum absolute atomic E-state index is 13.7. The Labute approximate surface area is 129 Å². The van der Waals surface area contributed by atoms with Gasteiger partial charge in [0.15, 0.2) is 0 Å². The first-order valence-corrected chi connectivity index (χ1v) is 7.18. The minimum Gasteiger partial charge on any atom is -0.376 e. The van der Waals surface area contributed by atoms with Crippen LogP contribution in [0.3, 0.4) is 0 Å². The standard InChI is InChI=1S/C15H12BrFN4/c16-13-7-4-8-14(17)15(13)18-9-11-10-19-21(20-11)12-5-2-1-3-6-12/h1-8,10,18H,9H2. The van der Waals surface area contributed by atoms with Gasteiger partial charge in [-0.25, -0.2) is 4.39 Å². The van der Waals surface area contributed by atoms with Crippen LogP contribution in [-0.2, 0) is 6.54 Å². The number of aromatic nitrogens is 3. The van der Waals surface area contributed by atoms with Crippen molar-refractivity contribution >= 4 is 21.6 Å². The van der Waals surface area contributed by atoms with Crippen molar-refractivity contribution in [3.8, 4) is 5.69 Å². The number of anilines is 1. The van der Waals surface area contributed by atoms with E-state index in [4.69, 9.17) is 0 Å². The third-order valence-corrected chi connectivity index (χ3v) is 3.60. The molecule has 1 aromatic heterocycles. The monoisotopic (exact) mass is 346 g/mol. The van der Waals surface area contributed by atoms with Crippen LogP contribution in [0, 0.1) is 5.82 Å². The van der Waals surface area contributed by atoms with Crippen LogP contribution in [0.25, 0.3) is 5.69 Å². The van der Waals surface area contributed by atoms with Gasteiger partial charge >= 0.3 is 0 Å². The van der Waals surface area contributed by atoms with E-state index in [0.717, 1.165) is 11.4 Å². The number of benzene rings is 2. The molecule has 0 fully saturated rings. The molecule has 21 heavy (non-hydrogen) atoms. The van der Waals surface area contributed by atoms with E-state index in [1.807, 2.05) is 30.3 Å². The second-order valence-corrected chi connectivity index (χ2v) is 5.27. The second-order valence-electron chi connectivity index (χ2n) is 4.41. The van der Waals surface area contributed by atoms with Crippen molar-refractivity contribution in [3.05, 3.63) is 70.7 Å². The topological polar surface area (TPSA) is 42.7 Å². The van der Waals surface area contributed by atoms with Crippen molar-refractivity contribution in [2.75, 3.05) is 5.32 Å². The SMILES string of the molecule is Fc1cccc(Br)c1NCc1cnn(-c2ccccc2)n1. The van der Waals surface area contributed by atoms with Crippen LogP contribution in [0.1, 0.15) is 5.69 Å². The van der Waals surface area contributed by atoms with Gasteiger partial charge in [0.25, 0.3) is 0 Å². The Kier molecular flexibility index (Phi) is 3.96. The Morgan fingerprint density at radius 1 is 1.10 bits per heavy atom. The summed E-state index contributed by atoms with van der Waals surface area (Å²) in [5.41, 5.74) is 2.04. The summed E-state index contributed by atoms with van der Waals surface area (Å²) in [5.74, 6) is -0.306. The van der Waals surface area contributed by atoms with Crippen molar-refractivity contribution in [3.63, 3.8) is 0 Å². The molecule has 4 nitrogen and oxygen atoms in total. The van der Waals surface area contributed by atoms with E-state index in [2.05, 4.69) is 31.4 Å². The molecular formula is C15H12BrFN4. The molecule has 1 heterocycles. The zero-order valence-electron chi connectivity index (χ0n) is 11.0. The number of para-hydroxylation sites is 2. The maximum atomic E-state index is 13.7. The molecule has 0 saturated carbocycles. The highest BCUT2D eigenvalue weighted by molar-refractivity contribution is 9.10. The van der Waals surface area contributed by atoms with Gasteiger partial charge in [0.2, 0.25) is 0 Å². The van der Waals surface area contributed by atoms with Crippen molar-refractivity contribution in [2.24, 2.45) is 0 Å². The Morgan fingerprint density at radius 2 is 1.90 bits per heavy atom. The van der Waals surface area contributed by atoms with E-state index >= 15 is 0 Å². The molecule has 3 aromatic rings. The Morgan fingerprint density at radius 3 is 2.67 bits per heavy atom. The summed E-state index contributed by atoms with van der Waals surface area (Å²) in [4.78, 5) is 1.55. The highest BCUT2D eigenvalue weighted by Crippen LogP contribution is 2.25. The van der Waals surface area contributed by atoms with Crippen LogP contribution < -0.4 is 5.32 Å². The third-order valence-electron chi connectivity index (χ3n) is 2.94. The normalized spacial score (nSPS) is 10.6. The van der Waals surface area contributed by atoms with Crippen LogP contribution in [0.15, 0.2) is 59.2 Å². The van der Waals surface area contributed by atoms with Crippen molar-refractivity contribution in [2.45, 2.75) is 6.54 Å². The van der Waals surface area contributed by atoms with Gasteiger partial charge in [-0.15, -0.1) is 0 Å². The van der Waals surface area contributed by atoms with E-state index < -0.39 is 0 Å². The average molecular weight is 347 g/mol. The lowest BCUT2D eigenvalue weighted by atomic mass is 10.3. The van der Waals surface area contributed by atoms with Crippen LogP contribution >= 0.6 is 15.9 Å². The fourth-order valence-electron chi connectivity index (χ4n) is 1.91. The molecule has 3 rings (SSSR count). The summed E-state index contributed by atoms with van der Waals surface area (Å²) in [7, 11) is 0. The molecule has 0 spiro atoms. The lowest BCUT2D eigenvalue weighted by molar-refractivity contribution is 0.629. The van der Waals surface area contributed by atoms with Gasteiger partial charge in [0.1, 0.15) is 11.5 Å². The van der Waals surface area contributed by atoms with Gasteiger partial charge in [-0.2, -0.15) is 15.0 Å². The summed E-state index contributed by atoms with van der Waals surface area (Å²) in [6.45, 7) is 0.395. The van der Waals surface area contributed by atoms with E-state index in [0.29, 0.717) is 16.7 Å². The van der Waals surface area contributed by atoms with Gasteiger partial charge in [0.05, 0.1) is 24.1 Å². The van der Waals surface area contributed by atoms with Crippen molar-refractivity contribution < 1.29 is 4.39 Å². The molecule has 0 bridgehead atoms. The molecular weight excluding hydrogens is 335 g/mol. The number of nitrogens with one attached hydrogen (secondary N) is 1. The first-order chi connectivity index (χ1) is 10.2. The molecule has 0 radical (unpaired) electrons. The minimum absolute atomic E-state index is 0.306. The van der Waals surface area contributed by atoms with E-state index in [1.54, 1.807) is 23.1 Å². The number of rotatable bonds is 4. The lowest BCUT2D eigenvalue weighted by Gasteiger charge is -2.07. The lowest BCUT2D eigenvalue weighted by Crippen LogP contribution is -2.04. The number of halogens is 2. The highest BCUT2D eigenvalue weighted by Gasteiger charge is 2.07. The molecule has 0 saturated heterocycles. The van der Waals surface area contributed by atoms with Gasteiger partial charge in [-0.1, -0.05) is 24.3 Å². The third kappa shape index (κ3) is 3.11. The second kappa shape index (κ2) is 6.05. The van der Waals surface area contributed by atoms with Crippen LogP contribution in [-0.4, -0.2) is 15.0 Å². The summed E-state index contributed by atoms with van der Waals surface area (Å²) in [5, 5.41) is 11.6. The summed E-state index contributed by atoms with van der Waals surface area (Å²) >= 11 is 3.32. The number of hydrogen-bond acceptors (Lipinski definition) is 3. The summed E-state index contributed by atoms with van der Waals surface area (Å²) < 4.78 is 14.4. The van der Waals surface area contributed by atoms with E-state index in [-0.39, 0.29) is 5.82 Å². The molecule has 0 unspecified atom stereocenters. The van der Waals surface area contributed by atoms with Gasteiger partial charge in [0, 0.05) is 4.47 Å². The molecule has 106 valence electrons. The molecule has 1 N–H and O–H groups in total. The Balaban J connectivity index is 1.74. The number of hydrogen-bond donors (Lipinski definition) is 1. The molecule has 0 amide bonds. The van der Waals surface area contributed by atoms with Crippen LogP contribution in [0.4, 0.5) is 10.1 Å². The van der Waals surface area contributed by atoms with E-state index in [1.165, 1.54) is 6.07 Å². The van der Waals surface area contributed by atoms with Crippen molar-refractivity contribution in [1.82, 2.24) is 15.0 Å². The van der Waals surface area contributed by atoms with Gasteiger partial charge in [-0.3, -0.25) is 0 Å². The highest BCUT2D eigenvalue weighted by atomic mass is 79.9. The van der Waals surface area contributed by atoms with E-state index in [9.17, 15) is 4.39 Å². The average Bonchev–Trinajstić information content (AvgIpc) is 2.97. The smallest absolute Gasteiger partial charge is 0.147 e. The zero-order valence-corrected chi connectivity index (χ0v) is 12.6. The fraction of sp³-hybridized carbons (Fsp3) is 0.0667. The first kappa shape index (κ1) is 13.8. The van der Waals surface area contributed by atoms with Crippen LogP contribution in [0.5, 0.6) is 0 Å². The predicted molar refractivity (Wildman–Crippen MR) is 82.8 cm³/mol.